The molecule has 1 aromatic carbocycles. The molecule has 4 heteroatoms. The largest absolute Gasteiger partial charge is 0.452 e. The van der Waals surface area contributed by atoms with Crippen LogP contribution in [0, 0.1) is 5.92 Å². The Hall–Kier alpha value is -1.68. The lowest BCUT2D eigenvalue weighted by atomic mass is 9.94. The monoisotopic (exact) mass is 235 g/mol. The number of hydrogen-bond acceptors (Lipinski definition) is 4. The number of hydrogen-bond donors (Lipinski definition) is 1. The van der Waals surface area contributed by atoms with Gasteiger partial charge in [-0.05, 0) is 5.92 Å². The van der Waals surface area contributed by atoms with Crippen molar-refractivity contribution in [2.24, 2.45) is 11.7 Å². The van der Waals surface area contributed by atoms with Gasteiger partial charge in [-0.1, -0.05) is 44.2 Å². The molecular weight excluding hydrogens is 218 g/mol. The maximum Gasteiger partial charge on any atom is 0.294 e. The van der Waals surface area contributed by atoms with Crippen molar-refractivity contribution in [3.8, 4) is 0 Å². The van der Waals surface area contributed by atoms with Crippen molar-refractivity contribution in [2.75, 3.05) is 0 Å². The van der Waals surface area contributed by atoms with Crippen LogP contribution in [0.15, 0.2) is 30.3 Å². The van der Waals surface area contributed by atoms with Gasteiger partial charge >= 0.3 is 0 Å². The standard InChI is InChI=1S/C13H17NO3/c1-9(2)11(14)12(16)13(17-8-15)10-6-4-3-5-7-10/h3-9,11,13H,14H2,1-2H3/t11-,13?/m0/s1. The molecule has 92 valence electrons. The van der Waals surface area contributed by atoms with E-state index >= 15 is 0 Å². The highest BCUT2D eigenvalue weighted by molar-refractivity contribution is 5.90. The molecule has 0 aliphatic carbocycles. The fraction of sp³-hybridized carbons (Fsp3) is 0.385. The second-order valence-electron chi connectivity index (χ2n) is 4.20. The van der Waals surface area contributed by atoms with Crippen LogP contribution in [-0.4, -0.2) is 18.3 Å². The van der Waals surface area contributed by atoms with Crippen LogP contribution in [0.25, 0.3) is 0 Å². The maximum absolute atomic E-state index is 12.1. The highest BCUT2D eigenvalue weighted by atomic mass is 16.5. The summed E-state index contributed by atoms with van der Waals surface area (Å²) in [5, 5.41) is 0. The Morgan fingerprint density at radius 1 is 1.29 bits per heavy atom. The lowest BCUT2D eigenvalue weighted by Gasteiger charge is -2.20. The second kappa shape index (κ2) is 6.15. The summed E-state index contributed by atoms with van der Waals surface area (Å²) in [6.45, 7) is 3.99. The first kappa shape index (κ1) is 13.4. The number of Topliss-reactive ketones (excluding diaryl/α,β-unsaturated/α-hetero) is 1. The van der Waals surface area contributed by atoms with Gasteiger partial charge in [0.15, 0.2) is 11.9 Å². The SMILES string of the molecule is CC(C)[C@H](N)C(=O)C(OC=O)c1ccccc1. The van der Waals surface area contributed by atoms with Crippen LogP contribution in [0.2, 0.25) is 0 Å². The van der Waals surface area contributed by atoms with Crippen LogP contribution < -0.4 is 5.73 Å². The number of ether oxygens (including phenoxy) is 1. The molecule has 0 aliphatic heterocycles. The Kier molecular flexibility index (Phi) is 4.84. The Labute approximate surface area is 101 Å². The molecule has 1 aromatic rings. The molecule has 0 aliphatic rings. The summed E-state index contributed by atoms with van der Waals surface area (Å²) >= 11 is 0. The molecule has 0 heterocycles. The van der Waals surface area contributed by atoms with Crippen molar-refractivity contribution in [2.45, 2.75) is 26.0 Å². The fourth-order valence-electron chi connectivity index (χ4n) is 1.50. The zero-order chi connectivity index (χ0) is 12.8. The van der Waals surface area contributed by atoms with Gasteiger partial charge in [-0.3, -0.25) is 9.59 Å². The molecule has 1 unspecified atom stereocenters. The van der Waals surface area contributed by atoms with Crippen LogP contribution in [0.1, 0.15) is 25.5 Å². The van der Waals surface area contributed by atoms with Crippen LogP contribution in [0.4, 0.5) is 0 Å². The van der Waals surface area contributed by atoms with Gasteiger partial charge < -0.3 is 10.5 Å². The van der Waals surface area contributed by atoms with E-state index in [2.05, 4.69) is 0 Å². The number of nitrogens with two attached hydrogens (primary N) is 1. The fourth-order valence-corrected chi connectivity index (χ4v) is 1.50. The van der Waals surface area contributed by atoms with Gasteiger partial charge in [0.1, 0.15) is 0 Å². The van der Waals surface area contributed by atoms with Crippen molar-refractivity contribution >= 4 is 12.3 Å². The molecular formula is C13H17NO3. The predicted molar refractivity (Wildman–Crippen MR) is 64.2 cm³/mol. The van der Waals surface area contributed by atoms with Crippen molar-refractivity contribution in [1.82, 2.24) is 0 Å². The summed E-state index contributed by atoms with van der Waals surface area (Å²) in [7, 11) is 0. The van der Waals surface area contributed by atoms with E-state index in [1.807, 2.05) is 19.9 Å². The third kappa shape index (κ3) is 3.39. The van der Waals surface area contributed by atoms with E-state index in [4.69, 9.17) is 10.5 Å². The molecule has 0 saturated heterocycles. The van der Waals surface area contributed by atoms with Crippen LogP contribution >= 0.6 is 0 Å². The van der Waals surface area contributed by atoms with Gasteiger partial charge in [0.05, 0.1) is 6.04 Å². The van der Waals surface area contributed by atoms with Gasteiger partial charge in [0.2, 0.25) is 0 Å². The number of carbonyl (C=O) groups is 2. The average Bonchev–Trinajstić information content (AvgIpc) is 2.35. The number of carbonyl (C=O) groups excluding carboxylic acids is 2. The molecule has 0 amide bonds. The van der Waals surface area contributed by atoms with Gasteiger partial charge in [-0.2, -0.15) is 0 Å². The molecule has 0 aromatic heterocycles. The van der Waals surface area contributed by atoms with E-state index in [-0.39, 0.29) is 18.2 Å². The van der Waals surface area contributed by atoms with E-state index in [9.17, 15) is 9.59 Å². The number of benzene rings is 1. The maximum atomic E-state index is 12.1. The first-order valence-electron chi connectivity index (χ1n) is 5.51. The van der Waals surface area contributed by atoms with E-state index in [1.54, 1.807) is 24.3 Å². The Morgan fingerprint density at radius 3 is 2.35 bits per heavy atom. The normalized spacial score (nSPS) is 14.1. The Morgan fingerprint density at radius 2 is 1.88 bits per heavy atom. The first-order chi connectivity index (χ1) is 8.07. The lowest BCUT2D eigenvalue weighted by molar-refractivity contribution is -0.145. The van der Waals surface area contributed by atoms with E-state index in [1.165, 1.54) is 0 Å². The van der Waals surface area contributed by atoms with E-state index in [0.29, 0.717) is 5.56 Å². The molecule has 0 fully saturated rings. The Bertz CT molecular complexity index is 376. The minimum Gasteiger partial charge on any atom is -0.452 e. The van der Waals surface area contributed by atoms with E-state index < -0.39 is 12.1 Å². The molecule has 0 spiro atoms. The molecule has 1 rings (SSSR count). The summed E-state index contributed by atoms with van der Waals surface area (Å²) in [6.07, 6.45) is -0.911. The molecule has 0 radical (unpaired) electrons. The summed E-state index contributed by atoms with van der Waals surface area (Å²) < 4.78 is 4.85. The molecule has 4 nitrogen and oxygen atoms in total. The number of rotatable bonds is 6. The van der Waals surface area contributed by atoms with Crippen LogP contribution in [-0.2, 0) is 14.3 Å². The molecule has 0 bridgehead atoms. The summed E-state index contributed by atoms with van der Waals surface area (Å²) in [5.74, 6) is -0.276. The highest BCUT2D eigenvalue weighted by Crippen LogP contribution is 2.20. The first-order valence-corrected chi connectivity index (χ1v) is 5.51. The van der Waals surface area contributed by atoms with Crippen molar-refractivity contribution < 1.29 is 14.3 Å². The molecule has 0 saturated carbocycles. The summed E-state index contributed by atoms with van der Waals surface area (Å²) in [6, 6.07) is 8.22. The Balaban J connectivity index is 2.94. The predicted octanol–water partition coefficient (Wildman–Crippen LogP) is 1.45. The summed E-state index contributed by atoms with van der Waals surface area (Å²) in [5.41, 5.74) is 6.42. The van der Waals surface area contributed by atoms with Gasteiger partial charge in [0, 0.05) is 5.56 Å². The van der Waals surface area contributed by atoms with Gasteiger partial charge in [0.25, 0.3) is 6.47 Å². The van der Waals surface area contributed by atoms with Gasteiger partial charge in [-0.15, -0.1) is 0 Å². The zero-order valence-electron chi connectivity index (χ0n) is 10.00. The van der Waals surface area contributed by atoms with Crippen molar-refractivity contribution in [3.63, 3.8) is 0 Å². The zero-order valence-corrected chi connectivity index (χ0v) is 10.00. The molecule has 2 atom stereocenters. The third-order valence-corrected chi connectivity index (χ3v) is 2.60. The average molecular weight is 235 g/mol. The van der Waals surface area contributed by atoms with Crippen LogP contribution in [0.3, 0.4) is 0 Å². The molecule has 2 N–H and O–H groups in total. The second-order valence-corrected chi connectivity index (χ2v) is 4.20. The smallest absolute Gasteiger partial charge is 0.294 e. The van der Waals surface area contributed by atoms with Crippen molar-refractivity contribution in [3.05, 3.63) is 35.9 Å². The third-order valence-electron chi connectivity index (χ3n) is 2.60. The van der Waals surface area contributed by atoms with Crippen molar-refractivity contribution in [1.29, 1.82) is 0 Å². The van der Waals surface area contributed by atoms with Crippen LogP contribution in [0.5, 0.6) is 0 Å². The molecule has 17 heavy (non-hydrogen) atoms. The topological polar surface area (TPSA) is 69.4 Å². The lowest BCUT2D eigenvalue weighted by Crippen LogP contribution is -2.39. The van der Waals surface area contributed by atoms with E-state index in [0.717, 1.165) is 0 Å². The highest BCUT2D eigenvalue weighted by Gasteiger charge is 2.28. The number of ketones is 1. The quantitative estimate of drug-likeness (QED) is 0.758. The van der Waals surface area contributed by atoms with Gasteiger partial charge in [-0.25, -0.2) is 0 Å². The minimum atomic E-state index is -0.911. The minimum absolute atomic E-state index is 0.00367. The summed E-state index contributed by atoms with van der Waals surface area (Å²) in [4.78, 5) is 22.5.